The molecule has 0 fully saturated rings. The minimum atomic E-state index is 0. The topological polar surface area (TPSA) is 162 Å². The molecule has 9 nitrogen and oxygen atoms in total. The van der Waals surface area contributed by atoms with Crippen molar-refractivity contribution in [3.05, 3.63) is 190 Å². The van der Waals surface area contributed by atoms with E-state index in [1.54, 1.807) is 73.4 Å². The van der Waals surface area contributed by atoms with Gasteiger partial charge in [-0.1, -0.05) is 97.1 Å². The second-order valence-corrected chi connectivity index (χ2v) is 11.8. The van der Waals surface area contributed by atoms with Crippen molar-refractivity contribution in [2.45, 2.75) is 26.2 Å². The first-order chi connectivity index (χ1) is 25.4. The summed E-state index contributed by atoms with van der Waals surface area (Å²) in [5.74, 6) is 0.902. The molecule has 0 spiro atoms. The molecular formula is C44H42Mn2N4O5. The number of hydrogen-bond donors (Lipinski definition) is 4. The number of aromatic hydroxyl groups is 4. The van der Waals surface area contributed by atoms with E-state index in [1.807, 2.05) is 84.9 Å². The van der Waals surface area contributed by atoms with Crippen molar-refractivity contribution >= 4 is 24.9 Å². The Labute approximate surface area is 342 Å². The Morgan fingerprint density at radius 1 is 0.327 bits per heavy atom. The summed E-state index contributed by atoms with van der Waals surface area (Å²) < 4.78 is 0. The van der Waals surface area contributed by atoms with Crippen LogP contribution in [0.25, 0.3) is 0 Å². The SMILES string of the molecule is O.Oc1ccccc1C=NCc1cccc(CN=Cc2ccccc2O)c1.Oc1ccccc1C=NCc1cccc(CN=Cc2ccccc2O)c1.[Mn].[Mn]. The predicted molar refractivity (Wildman–Crippen MR) is 214 cm³/mol. The molecule has 6 aromatic rings. The molecule has 6 N–H and O–H groups in total. The minimum Gasteiger partial charge on any atom is -0.507 e. The van der Waals surface area contributed by atoms with E-state index < -0.39 is 0 Å². The number of para-hydroxylation sites is 4. The molecule has 6 rings (SSSR count). The van der Waals surface area contributed by atoms with Crippen LogP contribution in [0, 0.1) is 0 Å². The Morgan fingerprint density at radius 3 is 0.764 bits per heavy atom. The van der Waals surface area contributed by atoms with Gasteiger partial charge in [0.2, 0.25) is 0 Å². The summed E-state index contributed by atoms with van der Waals surface area (Å²) in [7, 11) is 0. The van der Waals surface area contributed by atoms with Crippen LogP contribution in [0.4, 0.5) is 0 Å². The maximum atomic E-state index is 9.74. The summed E-state index contributed by atoms with van der Waals surface area (Å²) in [6.07, 6.45) is 6.72. The quantitative estimate of drug-likeness (QED) is 0.0732. The Balaban J connectivity index is 0.000000360. The van der Waals surface area contributed by atoms with Crippen molar-refractivity contribution in [1.82, 2.24) is 0 Å². The third-order valence-electron chi connectivity index (χ3n) is 7.75. The monoisotopic (exact) mass is 816 g/mol. The van der Waals surface area contributed by atoms with Crippen molar-refractivity contribution in [3.8, 4) is 23.0 Å². The molecule has 0 aliphatic rings. The Morgan fingerprint density at radius 2 is 0.545 bits per heavy atom. The van der Waals surface area contributed by atoms with E-state index in [0.29, 0.717) is 48.4 Å². The van der Waals surface area contributed by atoms with Crippen molar-refractivity contribution < 1.29 is 60.0 Å². The van der Waals surface area contributed by atoms with Gasteiger partial charge in [-0.2, -0.15) is 0 Å². The first kappa shape index (κ1) is 45.4. The van der Waals surface area contributed by atoms with E-state index in [9.17, 15) is 20.4 Å². The molecule has 0 heterocycles. The van der Waals surface area contributed by atoms with Crippen LogP contribution < -0.4 is 0 Å². The second-order valence-electron chi connectivity index (χ2n) is 11.8. The smallest absolute Gasteiger partial charge is 0.124 e. The molecule has 55 heavy (non-hydrogen) atoms. The number of nitrogens with zero attached hydrogens (tertiary/aromatic N) is 4. The van der Waals surface area contributed by atoms with E-state index in [1.165, 1.54) is 0 Å². The summed E-state index contributed by atoms with van der Waals surface area (Å²) in [5.41, 5.74) is 7.12. The van der Waals surface area contributed by atoms with Crippen molar-refractivity contribution in [1.29, 1.82) is 0 Å². The van der Waals surface area contributed by atoms with Crippen LogP contribution >= 0.6 is 0 Å². The fourth-order valence-corrected chi connectivity index (χ4v) is 5.04. The molecule has 0 atom stereocenters. The summed E-state index contributed by atoms with van der Waals surface area (Å²) in [5, 5.41) is 38.9. The van der Waals surface area contributed by atoms with Crippen LogP contribution in [0.15, 0.2) is 166 Å². The molecule has 0 saturated carbocycles. The third kappa shape index (κ3) is 15.2. The number of phenolic OH excluding ortho intramolecular Hbond substituents is 4. The summed E-state index contributed by atoms with van der Waals surface area (Å²) in [6, 6.07) is 44.6. The average molecular weight is 817 g/mol. The van der Waals surface area contributed by atoms with Gasteiger partial charge < -0.3 is 25.9 Å². The number of phenols is 4. The number of rotatable bonds is 12. The molecule has 6 aromatic carbocycles. The van der Waals surface area contributed by atoms with E-state index in [4.69, 9.17) is 0 Å². The normalized spacial score (nSPS) is 10.8. The van der Waals surface area contributed by atoms with Gasteiger partial charge in [0.25, 0.3) is 0 Å². The summed E-state index contributed by atoms with van der Waals surface area (Å²) >= 11 is 0. The first-order valence-electron chi connectivity index (χ1n) is 16.7. The molecule has 282 valence electrons. The van der Waals surface area contributed by atoms with Crippen molar-refractivity contribution in [3.63, 3.8) is 0 Å². The predicted octanol–water partition coefficient (Wildman–Crippen LogP) is 7.84. The standard InChI is InChI=1S/2C22H20N2O2.2Mn.H2O/c2*25-21-10-3-1-8-19(21)15-23-13-17-6-5-7-18(12-17)14-24-16-20-9-2-4-11-22(20)26;;;/h2*1-12,15-16,25-26H,13-14H2;;;1H2. The number of benzene rings is 6. The average Bonchev–Trinajstić information content (AvgIpc) is 3.15. The molecule has 0 aliphatic carbocycles. The van der Waals surface area contributed by atoms with Crippen LogP contribution in [0.1, 0.15) is 44.5 Å². The molecule has 11 heteroatoms. The summed E-state index contributed by atoms with van der Waals surface area (Å²) in [4.78, 5) is 17.6. The van der Waals surface area contributed by atoms with Crippen LogP contribution in [-0.2, 0) is 60.3 Å². The van der Waals surface area contributed by atoms with Crippen molar-refractivity contribution in [2.75, 3.05) is 0 Å². The fraction of sp³-hybridized carbons (Fsp3) is 0.0909. The maximum Gasteiger partial charge on any atom is 0.124 e. The van der Waals surface area contributed by atoms with Gasteiger partial charge in [0.1, 0.15) is 23.0 Å². The molecule has 0 unspecified atom stereocenters. The van der Waals surface area contributed by atoms with Gasteiger partial charge >= 0.3 is 0 Å². The van der Waals surface area contributed by atoms with Gasteiger partial charge in [-0.25, -0.2) is 0 Å². The Kier molecular flexibility index (Phi) is 20.2. The minimum absolute atomic E-state index is 0. The molecule has 0 saturated heterocycles. The second kappa shape index (κ2) is 24.5. The summed E-state index contributed by atoms with van der Waals surface area (Å²) in [6.45, 7) is 2.13. The van der Waals surface area contributed by atoms with Crippen LogP contribution in [0.3, 0.4) is 0 Å². The van der Waals surface area contributed by atoms with E-state index in [0.717, 1.165) is 22.3 Å². The molecule has 0 bridgehead atoms. The fourth-order valence-electron chi connectivity index (χ4n) is 5.04. The zero-order chi connectivity index (χ0) is 36.4. The zero-order valence-electron chi connectivity index (χ0n) is 29.8. The maximum absolute atomic E-state index is 9.74. The van der Waals surface area contributed by atoms with E-state index in [-0.39, 0.29) is 62.6 Å². The number of hydrogen-bond acceptors (Lipinski definition) is 8. The van der Waals surface area contributed by atoms with Gasteiger partial charge in [0.15, 0.2) is 0 Å². The van der Waals surface area contributed by atoms with E-state index in [2.05, 4.69) is 32.1 Å². The van der Waals surface area contributed by atoms with Gasteiger partial charge in [0.05, 0.1) is 26.2 Å². The van der Waals surface area contributed by atoms with Gasteiger partial charge in [0, 0.05) is 81.2 Å². The van der Waals surface area contributed by atoms with Crippen LogP contribution in [0.5, 0.6) is 23.0 Å². The first-order valence-corrected chi connectivity index (χ1v) is 16.7. The van der Waals surface area contributed by atoms with Crippen LogP contribution in [0.2, 0.25) is 0 Å². The number of aliphatic imine (C=N–C) groups is 4. The van der Waals surface area contributed by atoms with E-state index >= 15 is 0 Å². The zero-order valence-corrected chi connectivity index (χ0v) is 32.2. The van der Waals surface area contributed by atoms with Gasteiger partial charge in [-0.15, -0.1) is 0 Å². The molecule has 2 radical (unpaired) electrons. The molecule has 0 amide bonds. The Hall–Kier alpha value is -5.80. The molecular weight excluding hydrogens is 774 g/mol. The Bertz CT molecular complexity index is 1890. The van der Waals surface area contributed by atoms with Gasteiger partial charge in [-0.3, -0.25) is 20.0 Å². The largest absolute Gasteiger partial charge is 0.507 e. The van der Waals surface area contributed by atoms with Crippen LogP contribution in [-0.4, -0.2) is 50.8 Å². The molecule has 0 aromatic heterocycles. The van der Waals surface area contributed by atoms with Crippen molar-refractivity contribution in [2.24, 2.45) is 20.0 Å². The molecule has 0 aliphatic heterocycles. The van der Waals surface area contributed by atoms with Gasteiger partial charge in [-0.05, 0) is 70.8 Å². The third-order valence-corrected chi connectivity index (χ3v) is 7.75.